The monoisotopic (exact) mass is 392 g/mol. The smallest absolute Gasteiger partial charge is 0.343 e. The van der Waals surface area contributed by atoms with Crippen molar-refractivity contribution in [3.63, 3.8) is 0 Å². The van der Waals surface area contributed by atoms with E-state index in [1.165, 1.54) is 6.07 Å². The summed E-state index contributed by atoms with van der Waals surface area (Å²) >= 11 is 0. The molecule has 146 valence electrons. The lowest BCUT2D eigenvalue weighted by molar-refractivity contribution is -0.140. The maximum Gasteiger partial charge on any atom is 0.417 e. The third-order valence-electron chi connectivity index (χ3n) is 4.69. The van der Waals surface area contributed by atoms with Crippen molar-refractivity contribution in [3.05, 3.63) is 29.8 Å². The molecule has 0 unspecified atom stereocenters. The molecule has 0 radical (unpaired) electrons. The second kappa shape index (κ2) is 7.96. The van der Waals surface area contributed by atoms with E-state index in [4.69, 9.17) is 0 Å². The average Bonchev–Trinajstić information content (AvgIpc) is 2.62. The number of benzene rings is 1. The molecule has 2 rings (SSSR count). The van der Waals surface area contributed by atoms with Crippen LogP contribution in [0.15, 0.2) is 29.2 Å². The Hall–Kier alpha value is -1.61. The quantitative estimate of drug-likeness (QED) is 0.774. The molecule has 1 fully saturated rings. The van der Waals surface area contributed by atoms with E-state index in [9.17, 15) is 26.4 Å². The second-order valence-corrected chi connectivity index (χ2v) is 8.09. The highest BCUT2D eigenvalue weighted by atomic mass is 32.2. The van der Waals surface area contributed by atoms with E-state index in [-0.39, 0.29) is 24.9 Å². The lowest BCUT2D eigenvalue weighted by Gasteiger charge is -2.33. The Labute approximate surface area is 151 Å². The normalized spacial score (nSPS) is 17.3. The molecule has 1 aliphatic rings. The van der Waals surface area contributed by atoms with Gasteiger partial charge in [-0.2, -0.15) is 17.5 Å². The fourth-order valence-corrected chi connectivity index (χ4v) is 4.88. The third-order valence-corrected chi connectivity index (χ3v) is 6.65. The number of piperidine rings is 1. The van der Waals surface area contributed by atoms with Gasteiger partial charge in [-0.05, 0) is 38.8 Å². The summed E-state index contributed by atoms with van der Waals surface area (Å²) in [5.41, 5.74) is -1.17. The number of alkyl halides is 3. The maximum atomic E-state index is 13.1. The summed E-state index contributed by atoms with van der Waals surface area (Å²) in [7, 11) is -4.27. The van der Waals surface area contributed by atoms with Gasteiger partial charge in [0.1, 0.15) is 0 Å². The molecule has 1 saturated heterocycles. The van der Waals surface area contributed by atoms with E-state index < -0.39 is 26.7 Å². The molecule has 1 aromatic rings. The number of hydrogen-bond acceptors (Lipinski definition) is 3. The zero-order valence-corrected chi connectivity index (χ0v) is 15.6. The number of amides is 1. The Morgan fingerprint density at radius 3 is 2.19 bits per heavy atom. The lowest BCUT2D eigenvalue weighted by Crippen LogP contribution is -2.44. The first-order valence-corrected chi connectivity index (χ1v) is 10.0. The van der Waals surface area contributed by atoms with Gasteiger partial charge >= 0.3 is 6.18 Å². The molecule has 1 heterocycles. The Kier molecular flexibility index (Phi) is 6.33. The summed E-state index contributed by atoms with van der Waals surface area (Å²) in [6, 6.07) is 4.18. The minimum absolute atomic E-state index is 0.0252. The van der Waals surface area contributed by atoms with Crippen LogP contribution in [0.25, 0.3) is 0 Å². The van der Waals surface area contributed by atoms with Gasteiger partial charge in [0, 0.05) is 32.1 Å². The van der Waals surface area contributed by atoms with Crippen molar-refractivity contribution in [2.45, 2.75) is 37.8 Å². The molecule has 0 aliphatic carbocycles. The summed E-state index contributed by atoms with van der Waals surface area (Å²) in [5.74, 6) is -0.318. The molecule has 0 bridgehead atoms. The van der Waals surface area contributed by atoms with Gasteiger partial charge in [0.2, 0.25) is 15.9 Å². The van der Waals surface area contributed by atoms with Crippen LogP contribution in [0.1, 0.15) is 32.3 Å². The standard InChI is InChI=1S/C17H23F3N2O3S/c1-3-21(4-2)16(23)13-9-11-22(12-10-13)26(24,25)15-8-6-5-7-14(15)17(18,19)20/h5-8,13H,3-4,9-12H2,1-2H3. The lowest BCUT2D eigenvalue weighted by atomic mass is 9.96. The first kappa shape index (κ1) is 20.7. The molecule has 26 heavy (non-hydrogen) atoms. The van der Waals surface area contributed by atoms with Crippen LogP contribution in [0, 0.1) is 5.92 Å². The number of hydrogen-bond donors (Lipinski definition) is 0. The van der Waals surface area contributed by atoms with Crippen molar-refractivity contribution in [2.75, 3.05) is 26.2 Å². The molecule has 0 spiro atoms. The highest BCUT2D eigenvalue weighted by molar-refractivity contribution is 7.89. The van der Waals surface area contributed by atoms with Crippen molar-refractivity contribution >= 4 is 15.9 Å². The molecule has 1 amide bonds. The van der Waals surface area contributed by atoms with Gasteiger partial charge in [-0.15, -0.1) is 0 Å². The van der Waals surface area contributed by atoms with Crippen molar-refractivity contribution in [2.24, 2.45) is 5.92 Å². The van der Waals surface area contributed by atoms with Gasteiger partial charge in [0.15, 0.2) is 0 Å². The van der Waals surface area contributed by atoms with Gasteiger partial charge in [-0.1, -0.05) is 12.1 Å². The van der Waals surface area contributed by atoms with Crippen LogP contribution in [0.3, 0.4) is 0 Å². The van der Waals surface area contributed by atoms with Crippen LogP contribution in [0.4, 0.5) is 13.2 Å². The van der Waals surface area contributed by atoms with Gasteiger partial charge in [0.05, 0.1) is 10.5 Å². The summed E-state index contributed by atoms with van der Waals surface area (Å²) in [6.45, 7) is 4.96. The fraction of sp³-hybridized carbons (Fsp3) is 0.588. The molecule has 5 nitrogen and oxygen atoms in total. The predicted octanol–water partition coefficient (Wildman–Crippen LogP) is 2.97. The van der Waals surface area contributed by atoms with Crippen LogP contribution >= 0.6 is 0 Å². The van der Waals surface area contributed by atoms with E-state index >= 15 is 0 Å². The molecule has 9 heteroatoms. The number of carbonyl (C=O) groups excluding carboxylic acids is 1. The summed E-state index contributed by atoms with van der Waals surface area (Å²) < 4.78 is 65.9. The van der Waals surface area contributed by atoms with E-state index in [0.717, 1.165) is 22.5 Å². The van der Waals surface area contributed by atoms with Crippen molar-refractivity contribution < 1.29 is 26.4 Å². The van der Waals surface area contributed by atoms with Gasteiger partial charge < -0.3 is 4.90 Å². The molecule has 0 N–H and O–H groups in total. The van der Waals surface area contributed by atoms with Crippen LogP contribution in [-0.2, 0) is 21.0 Å². The second-order valence-electron chi connectivity index (χ2n) is 6.18. The fourth-order valence-electron chi connectivity index (χ4n) is 3.20. The van der Waals surface area contributed by atoms with Crippen LogP contribution in [-0.4, -0.2) is 49.7 Å². The van der Waals surface area contributed by atoms with Crippen molar-refractivity contribution in [1.82, 2.24) is 9.21 Å². The van der Waals surface area contributed by atoms with E-state index in [2.05, 4.69) is 0 Å². The minimum Gasteiger partial charge on any atom is -0.343 e. The van der Waals surface area contributed by atoms with Gasteiger partial charge in [-0.3, -0.25) is 4.79 Å². The van der Waals surface area contributed by atoms with E-state index in [0.29, 0.717) is 25.9 Å². The zero-order chi connectivity index (χ0) is 19.5. The maximum absolute atomic E-state index is 13.1. The first-order chi connectivity index (χ1) is 12.1. The summed E-state index contributed by atoms with van der Waals surface area (Å²) in [4.78, 5) is 13.3. The highest BCUT2D eigenvalue weighted by Crippen LogP contribution is 2.36. The Bertz CT molecular complexity index is 738. The third kappa shape index (κ3) is 4.20. The van der Waals surface area contributed by atoms with E-state index in [1.54, 1.807) is 4.90 Å². The topological polar surface area (TPSA) is 57.7 Å². The Balaban J connectivity index is 2.18. The molecule has 1 aromatic carbocycles. The average molecular weight is 392 g/mol. The van der Waals surface area contributed by atoms with Gasteiger partial charge in [0.25, 0.3) is 0 Å². The van der Waals surface area contributed by atoms with Crippen LogP contribution in [0.5, 0.6) is 0 Å². The SMILES string of the molecule is CCN(CC)C(=O)C1CCN(S(=O)(=O)c2ccccc2C(F)(F)F)CC1. The number of rotatable bonds is 5. The van der Waals surface area contributed by atoms with E-state index in [1.807, 2.05) is 13.8 Å². The largest absolute Gasteiger partial charge is 0.417 e. The van der Waals surface area contributed by atoms with Gasteiger partial charge in [-0.25, -0.2) is 8.42 Å². The van der Waals surface area contributed by atoms with Crippen LogP contribution < -0.4 is 0 Å². The number of sulfonamides is 1. The number of carbonyl (C=O) groups is 1. The zero-order valence-electron chi connectivity index (χ0n) is 14.8. The number of nitrogens with zero attached hydrogens (tertiary/aromatic N) is 2. The highest BCUT2D eigenvalue weighted by Gasteiger charge is 2.40. The molecule has 0 aromatic heterocycles. The molecule has 0 saturated carbocycles. The Morgan fingerprint density at radius 2 is 1.69 bits per heavy atom. The Morgan fingerprint density at radius 1 is 1.15 bits per heavy atom. The summed E-state index contributed by atoms with van der Waals surface area (Å²) in [5, 5.41) is 0. The minimum atomic E-state index is -4.75. The van der Waals surface area contributed by atoms with Crippen molar-refractivity contribution in [1.29, 1.82) is 0 Å². The molecule has 1 aliphatic heterocycles. The molecular formula is C17H23F3N2O3S. The first-order valence-electron chi connectivity index (χ1n) is 8.58. The predicted molar refractivity (Wildman–Crippen MR) is 90.9 cm³/mol. The molecular weight excluding hydrogens is 369 g/mol. The van der Waals surface area contributed by atoms with Crippen molar-refractivity contribution in [3.8, 4) is 0 Å². The molecule has 0 atom stereocenters. The number of halogens is 3. The summed E-state index contributed by atoms with van der Waals surface area (Å²) in [6.07, 6.45) is -4.13. The van der Waals surface area contributed by atoms with Crippen LogP contribution in [0.2, 0.25) is 0 Å².